The number of nitrogens with zero attached hydrogens (tertiary/aromatic N) is 3. The highest BCUT2D eigenvalue weighted by molar-refractivity contribution is 7.88. The minimum Gasteiger partial charge on any atom is -0.493 e. The van der Waals surface area contributed by atoms with E-state index in [0.717, 1.165) is 16.8 Å². The minimum absolute atomic E-state index is 0.00913. The molecule has 0 saturated carbocycles. The van der Waals surface area contributed by atoms with Crippen LogP contribution in [0.2, 0.25) is 0 Å². The number of piperazine rings is 1. The molecule has 11 heteroatoms. The van der Waals surface area contributed by atoms with E-state index in [0.29, 0.717) is 56.3 Å². The molecule has 0 spiro atoms. The summed E-state index contributed by atoms with van der Waals surface area (Å²) in [5, 5.41) is 14.9. The fourth-order valence-corrected chi connectivity index (χ4v) is 6.02. The van der Waals surface area contributed by atoms with Gasteiger partial charge in [-0.25, -0.2) is 8.42 Å². The third-order valence-corrected chi connectivity index (χ3v) is 8.39. The quantitative estimate of drug-likeness (QED) is 0.288. The maximum atomic E-state index is 12.9. The van der Waals surface area contributed by atoms with Gasteiger partial charge in [-0.05, 0) is 41.8 Å². The standard InChI is InChI=1S/C27H32N4O6S/c1-36-26-11-8-21(18-27(26)37-2)12-13-28-24-19-23(9-10-25(24)31(32)33)29-14-16-30(17-15-29)38(34,35)20-22-6-4-3-5-7-22/h3-11,18-19,28H,12-17,20H2,1-2H3. The van der Waals surface area contributed by atoms with Crippen molar-refractivity contribution in [2.24, 2.45) is 0 Å². The highest BCUT2D eigenvalue weighted by Gasteiger charge is 2.28. The Hall–Kier alpha value is -3.83. The number of anilines is 2. The van der Waals surface area contributed by atoms with Gasteiger partial charge >= 0.3 is 0 Å². The first-order valence-corrected chi connectivity index (χ1v) is 13.9. The Bertz CT molecular complexity index is 1360. The molecule has 4 rings (SSSR count). The summed E-state index contributed by atoms with van der Waals surface area (Å²) >= 11 is 0. The van der Waals surface area contributed by atoms with Crippen molar-refractivity contribution in [3.8, 4) is 11.5 Å². The van der Waals surface area contributed by atoms with Crippen LogP contribution in [0.4, 0.5) is 17.1 Å². The average molecular weight is 541 g/mol. The first kappa shape index (κ1) is 27.2. The molecule has 0 aromatic heterocycles. The molecule has 202 valence electrons. The average Bonchev–Trinajstić information content (AvgIpc) is 2.93. The predicted molar refractivity (Wildman–Crippen MR) is 148 cm³/mol. The second kappa shape index (κ2) is 12.1. The molecule has 3 aromatic rings. The number of ether oxygens (including phenoxy) is 2. The maximum Gasteiger partial charge on any atom is 0.292 e. The van der Waals surface area contributed by atoms with Gasteiger partial charge in [0.25, 0.3) is 5.69 Å². The van der Waals surface area contributed by atoms with E-state index < -0.39 is 14.9 Å². The molecule has 0 aliphatic carbocycles. The monoisotopic (exact) mass is 540 g/mol. The van der Waals surface area contributed by atoms with Crippen molar-refractivity contribution in [2.45, 2.75) is 12.2 Å². The number of sulfonamides is 1. The van der Waals surface area contributed by atoms with Crippen LogP contribution in [0.25, 0.3) is 0 Å². The Labute approximate surface area is 223 Å². The molecule has 1 saturated heterocycles. The Kier molecular flexibility index (Phi) is 8.70. The summed E-state index contributed by atoms with van der Waals surface area (Å²) in [7, 11) is -0.273. The fourth-order valence-electron chi connectivity index (χ4n) is 4.50. The van der Waals surface area contributed by atoms with Gasteiger partial charge in [0.2, 0.25) is 10.0 Å². The summed E-state index contributed by atoms with van der Waals surface area (Å²) < 4.78 is 37.9. The smallest absolute Gasteiger partial charge is 0.292 e. The zero-order valence-electron chi connectivity index (χ0n) is 21.5. The van der Waals surface area contributed by atoms with Crippen molar-refractivity contribution >= 4 is 27.1 Å². The topological polar surface area (TPSA) is 114 Å². The highest BCUT2D eigenvalue weighted by atomic mass is 32.2. The number of benzene rings is 3. The van der Waals surface area contributed by atoms with Crippen molar-refractivity contribution in [3.63, 3.8) is 0 Å². The second-order valence-corrected chi connectivity index (χ2v) is 10.9. The van der Waals surface area contributed by atoms with Crippen LogP contribution < -0.4 is 19.7 Å². The highest BCUT2D eigenvalue weighted by Crippen LogP contribution is 2.31. The third-order valence-electron chi connectivity index (χ3n) is 6.54. The van der Waals surface area contributed by atoms with E-state index in [4.69, 9.17) is 9.47 Å². The van der Waals surface area contributed by atoms with Gasteiger partial charge in [-0.15, -0.1) is 0 Å². The molecule has 0 unspecified atom stereocenters. The summed E-state index contributed by atoms with van der Waals surface area (Å²) in [5.74, 6) is 1.24. The molecule has 3 aromatic carbocycles. The Morgan fingerprint density at radius 2 is 1.61 bits per heavy atom. The van der Waals surface area contributed by atoms with Crippen LogP contribution in [0.1, 0.15) is 11.1 Å². The van der Waals surface area contributed by atoms with Gasteiger partial charge in [-0.1, -0.05) is 36.4 Å². The van der Waals surface area contributed by atoms with Gasteiger partial charge in [-0.2, -0.15) is 4.31 Å². The Balaban J connectivity index is 1.40. The third kappa shape index (κ3) is 6.53. The van der Waals surface area contributed by atoms with Gasteiger partial charge in [0.15, 0.2) is 11.5 Å². The normalized spacial score (nSPS) is 14.2. The number of methoxy groups -OCH3 is 2. The second-order valence-electron chi connectivity index (χ2n) is 8.95. The van der Waals surface area contributed by atoms with Gasteiger partial charge < -0.3 is 19.7 Å². The van der Waals surface area contributed by atoms with E-state index in [2.05, 4.69) is 10.2 Å². The summed E-state index contributed by atoms with van der Waals surface area (Å²) in [4.78, 5) is 13.3. The molecule has 1 N–H and O–H groups in total. The van der Waals surface area contributed by atoms with Crippen LogP contribution >= 0.6 is 0 Å². The van der Waals surface area contributed by atoms with Crippen LogP contribution in [0.3, 0.4) is 0 Å². The number of nitro groups is 1. The molecule has 0 radical (unpaired) electrons. The lowest BCUT2D eigenvalue weighted by Gasteiger charge is -2.35. The van der Waals surface area contributed by atoms with Gasteiger partial charge in [-0.3, -0.25) is 10.1 Å². The lowest BCUT2D eigenvalue weighted by molar-refractivity contribution is -0.383. The molecule has 0 amide bonds. The van der Waals surface area contributed by atoms with Crippen LogP contribution in [-0.4, -0.2) is 64.6 Å². The largest absolute Gasteiger partial charge is 0.493 e. The van der Waals surface area contributed by atoms with Crippen LogP contribution in [0.5, 0.6) is 11.5 Å². The summed E-state index contributed by atoms with van der Waals surface area (Å²) in [6, 6.07) is 19.8. The van der Waals surface area contributed by atoms with Crippen molar-refractivity contribution in [1.82, 2.24) is 4.31 Å². The molecule has 38 heavy (non-hydrogen) atoms. The zero-order valence-corrected chi connectivity index (χ0v) is 22.3. The van der Waals surface area contributed by atoms with E-state index >= 15 is 0 Å². The van der Waals surface area contributed by atoms with E-state index in [-0.39, 0.29) is 11.4 Å². The molecule has 0 atom stereocenters. The molecule has 1 heterocycles. The zero-order chi connectivity index (χ0) is 27.1. The lowest BCUT2D eigenvalue weighted by atomic mass is 10.1. The molecule has 1 aliphatic rings. The first-order valence-electron chi connectivity index (χ1n) is 12.3. The van der Waals surface area contributed by atoms with Crippen LogP contribution in [0.15, 0.2) is 66.7 Å². The molecular formula is C27H32N4O6S. The van der Waals surface area contributed by atoms with E-state index in [1.54, 1.807) is 26.4 Å². The number of hydrogen-bond donors (Lipinski definition) is 1. The van der Waals surface area contributed by atoms with Crippen molar-refractivity contribution in [3.05, 3.63) is 88.0 Å². The number of hydrogen-bond acceptors (Lipinski definition) is 8. The van der Waals surface area contributed by atoms with Gasteiger partial charge in [0.05, 0.1) is 24.9 Å². The summed E-state index contributed by atoms with van der Waals surface area (Å²) in [6.45, 7) is 2.18. The van der Waals surface area contributed by atoms with E-state index in [1.165, 1.54) is 10.4 Å². The molecule has 1 aliphatic heterocycles. The lowest BCUT2D eigenvalue weighted by Crippen LogP contribution is -2.49. The predicted octanol–water partition coefficient (Wildman–Crippen LogP) is 3.92. The SMILES string of the molecule is COc1ccc(CCNc2cc(N3CCN(S(=O)(=O)Cc4ccccc4)CC3)ccc2[N+](=O)[O-])cc1OC. The minimum atomic E-state index is -3.43. The first-order chi connectivity index (χ1) is 18.3. The van der Waals surface area contributed by atoms with Gasteiger partial charge in [0.1, 0.15) is 5.69 Å². The summed E-state index contributed by atoms with van der Waals surface area (Å²) in [6.07, 6.45) is 0.625. The molecular weight excluding hydrogens is 508 g/mol. The molecule has 10 nitrogen and oxygen atoms in total. The summed E-state index contributed by atoms with van der Waals surface area (Å²) in [5.41, 5.74) is 2.98. The van der Waals surface area contributed by atoms with E-state index in [1.807, 2.05) is 48.5 Å². The number of rotatable bonds is 11. The number of nitrogens with one attached hydrogen (secondary N) is 1. The maximum absolute atomic E-state index is 12.9. The fraction of sp³-hybridized carbons (Fsp3) is 0.333. The van der Waals surface area contributed by atoms with Crippen LogP contribution in [-0.2, 0) is 22.2 Å². The van der Waals surface area contributed by atoms with Crippen molar-refractivity contribution in [2.75, 3.05) is 57.2 Å². The Morgan fingerprint density at radius 3 is 2.26 bits per heavy atom. The van der Waals surface area contributed by atoms with Gasteiger partial charge in [0, 0.05) is 44.5 Å². The Morgan fingerprint density at radius 1 is 0.895 bits per heavy atom. The molecule has 0 bridgehead atoms. The van der Waals surface area contributed by atoms with Crippen LogP contribution in [0, 0.1) is 10.1 Å². The molecule has 1 fully saturated rings. The van der Waals surface area contributed by atoms with Crippen molar-refractivity contribution < 1.29 is 22.8 Å². The van der Waals surface area contributed by atoms with E-state index in [9.17, 15) is 18.5 Å². The van der Waals surface area contributed by atoms with Crippen molar-refractivity contribution in [1.29, 1.82) is 0 Å². The number of nitro benzene ring substituents is 1.